The number of halogens is 1. The summed E-state index contributed by atoms with van der Waals surface area (Å²) in [5.74, 6) is 0.996. The molecule has 0 fully saturated rings. The molecule has 0 N–H and O–H groups in total. The molecule has 2 aromatic rings. The van der Waals surface area contributed by atoms with Gasteiger partial charge in [-0.05, 0) is 18.1 Å². The van der Waals surface area contributed by atoms with E-state index in [9.17, 15) is 0 Å². The average molecular weight is 235 g/mol. The Labute approximate surface area is 101 Å². The van der Waals surface area contributed by atoms with Crippen molar-refractivity contribution >= 4 is 11.6 Å². The van der Waals surface area contributed by atoms with Gasteiger partial charge in [-0.25, -0.2) is 0 Å². The molecule has 1 aromatic heterocycles. The van der Waals surface area contributed by atoms with Gasteiger partial charge in [0.1, 0.15) is 5.76 Å². The van der Waals surface area contributed by atoms with E-state index < -0.39 is 0 Å². The first kappa shape index (κ1) is 11.3. The molecule has 0 aliphatic carbocycles. The molecule has 0 saturated heterocycles. The van der Waals surface area contributed by atoms with Crippen LogP contribution in [0.3, 0.4) is 0 Å². The number of hydrogen-bond acceptors (Lipinski definition) is 1. The Morgan fingerprint density at radius 2 is 1.94 bits per heavy atom. The van der Waals surface area contributed by atoms with E-state index in [4.69, 9.17) is 16.0 Å². The summed E-state index contributed by atoms with van der Waals surface area (Å²) in [5.41, 5.74) is 2.37. The van der Waals surface area contributed by atoms with E-state index in [0.717, 1.165) is 24.2 Å². The molecule has 0 bridgehead atoms. The van der Waals surface area contributed by atoms with Crippen LogP contribution in [-0.4, -0.2) is 0 Å². The Morgan fingerprint density at radius 3 is 2.62 bits per heavy atom. The van der Waals surface area contributed by atoms with E-state index in [-0.39, 0.29) is 5.38 Å². The fourth-order valence-electron chi connectivity index (χ4n) is 1.85. The lowest BCUT2D eigenvalue weighted by molar-refractivity contribution is 0.510. The number of alkyl halides is 1. The predicted molar refractivity (Wildman–Crippen MR) is 66.8 cm³/mol. The predicted octanol–water partition coefficient (Wildman–Crippen LogP) is 4.36. The molecule has 1 nitrogen and oxygen atoms in total. The SMILES string of the molecule is CCc1occc1C(Cl)Cc1ccccc1. The van der Waals surface area contributed by atoms with Gasteiger partial charge in [-0.2, -0.15) is 0 Å². The molecule has 0 aliphatic heterocycles. The number of rotatable bonds is 4. The molecular weight excluding hydrogens is 220 g/mol. The van der Waals surface area contributed by atoms with Gasteiger partial charge in [0.2, 0.25) is 0 Å². The normalized spacial score (nSPS) is 12.6. The zero-order chi connectivity index (χ0) is 11.4. The van der Waals surface area contributed by atoms with Gasteiger partial charge in [0.05, 0.1) is 11.6 Å². The third-order valence-electron chi connectivity index (χ3n) is 2.70. The summed E-state index contributed by atoms with van der Waals surface area (Å²) >= 11 is 6.41. The second kappa shape index (κ2) is 5.22. The van der Waals surface area contributed by atoms with Crippen LogP contribution in [0.25, 0.3) is 0 Å². The Morgan fingerprint density at radius 1 is 1.19 bits per heavy atom. The summed E-state index contributed by atoms with van der Waals surface area (Å²) in [4.78, 5) is 0. The summed E-state index contributed by atoms with van der Waals surface area (Å²) in [5, 5.41) is -0.00361. The first-order chi connectivity index (χ1) is 7.81. The fourth-order valence-corrected chi connectivity index (χ4v) is 2.22. The lowest BCUT2D eigenvalue weighted by Gasteiger charge is -2.09. The van der Waals surface area contributed by atoms with E-state index in [1.165, 1.54) is 5.56 Å². The second-order valence-corrected chi connectivity index (χ2v) is 4.34. The second-order valence-electron chi connectivity index (χ2n) is 3.81. The summed E-state index contributed by atoms with van der Waals surface area (Å²) < 4.78 is 5.39. The molecule has 0 radical (unpaired) electrons. The average Bonchev–Trinajstić information content (AvgIpc) is 2.78. The molecular formula is C14H15ClO. The zero-order valence-corrected chi connectivity index (χ0v) is 10.1. The van der Waals surface area contributed by atoms with Crippen LogP contribution >= 0.6 is 11.6 Å². The maximum absolute atomic E-state index is 6.41. The number of aryl methyl sites for hydroxylation is 1. The van der Waals surface area contributed by atoms with E-state index in [0.29, 0.717) is 0 Å². The largest absolute Gasteiger partial charge is 0.469 e. The molecule has 84 valence electrons. The maximum atomic E-state index is 6.41. The molecule has 1 heterocycles. The van der Waals surface area contributed by atoms with Crippen molar-refractivity contribution in [3.05, 3.63) is 59.5 Å². The van der Waals surface area contributed by atoms with Crippen LogP contribution in [0, 0.1) is 0 Å². The summed E-state index contributed by atoms with van der Waals surface area (Å²) in [6, 6.07) is 12.3. The van der Waals surface area contributed by atoms with Crippen LogP contribution in [0.15, 0.2) is 47.1 Å². The number of hydrogen-bond donors (Lipinski definition) is 0. The van der Waals surface area contributed by atoms with Crippen LogP contribution in [-0.2, 0) is 12.8 Å². The molecule has 0 aliphatic rings. The molecule has 1 aromatic carbocycles. The van der Waals surface area contributed by atoms with Gasteiger partial charge in [0, 0.05) is 12.0 Å². The zero-order valence-electron chi connectivity index (χ0n) is 9.32. The van der Waals surface area contributed by atoms with Gasteiger partial charge < -0.3 is 4.42 Å². The highest BCUT2D eigenvalue weighted by atomic mass is 35.5. The first-order valence-electron chi connectivity index (χ1n) is 5.55. The van der Waals surface area contributed by atoms with Crippen molar-refractivity contribution in [1.29, 1.82) is 0 Å². The highest BCUT2D eigenvalue weighted by molar-refractivity contribution is 6.21. The quantitative estimate of drug-likeness (QED) is 0.717. The summed E-state index contributed by atoms with van der Waals surface area (Å²) in [6.45, 7) is 2.08. The minimum Gasteiger partial charge on any atom is -0.469 e. The third kappa shape index (κ3) is 2.48. The topological polar surface area (TPSA) is 13.1 Å². The van der Waals surface area contributed by atoms with Crippen molar-refractivity contribution in [3.8, 4) is 0 Å². The van der Waals surface area contributed by atoms with Crippen molar-refractivity contribution in [2.24, 2.45) is 0 Å². The van der Waals surface area contributed by atoms with E-state index in [1.807, 2.05) is 24.3 Å². The Balaban J connectivity index is 2.11. The van der Waals surface area contributed by atoms with Crippen LogP contribution in [0.2, 0.25) is 0 Å². The third-order valence-corrected chi connectivity index (χ3v) is 3.09. The van der Waals surface area contributed by atoms with Crippen LogP contribution in [0.1, 0.15) is 29.2 Å². The highest BCUT2D eigenvalue weighted by Crippen LogP contribution is 2.28. The first-order valence-corrected chi connectivity index (χ1v) is 5.99. The minimum absolute atomic E-state index is 0.00361. The van der Waals surface area contributed by atoms with Crippen LogP contribution in [0.5, 0.6) is 0 Å². The van der Waals surface area contributed by atoms with Crippen molar-refractivity contribution in [2.45, 2.75) is 25.1 Å². The molecule has 0 amide bonds. The molecule has 2 rings (SSSR count). The minimum atomic E-state index is -0.00361. The van der Waals surface area contributed by atoms with Crippen LogP contribution < -0.4 is 0 Å². The van der Waals surface area contributed by atoms with Gasteiger partial charge in [-0.1, -0.05) is 37.3 Å². The van der Waals surface area contributed by atoms with Crippen molar-refractivity contribution in [1.82, 2.24) is 0 Å². The van der Waals surface area contributed by atoms with E-state index in [2.05, 4.69) is 19.1 Å². The van der Waals surface area contributed by atoms with Crippen molar-refractivity contribution < 1.29 is 4.42 Å². The summed E-state index contributed by atoms with van der Waals surface area (Å²) in [6.07, 6.45) is 3.45. The summed E-state index contributed by atoms with van der Waals surface area (Å²) in [7, 11) is 0. The monoisotopic (exact) mass is 234 g/mol. The lowest BCUT2D eigenvalue weighted by atomic mass is 10.0. The smallest absolute Gasteiger partial charge is 0.108 e. The molecule has 0 saturated carbocycles. The fraction of sp³-hybridized carbons (Fsp3) is 0.286. The van der Waals surface area contributed by atoms with E-state index in [1.54, 1.807) is 6.26 Å². The van der Waals surface area contributed by atoms with Gasteiger partial charge >= 0.3 is 0 Å². The molecule has 2 heteroatoms. The molecule has 1 unspecified atom stereocenters. The lowest BCUT2D eigenvalue weighted by Crippen LogP contribution is -1.97. The van der Waals surface area contributed by atoms with E-state index >= 15 is 0 Å². The maximum Gasteiger partial charge on any atom is 0.108 e. The Bertz CT molecular complexity index is 433. The Kier molecular flexibility index (Phi) is 3.68. The van der Waals surface area contributed by atoms with Gasteiger partial charge in [-0.15, -0.1) is 11.6 Å². The molecule has 16 heavy (non-hydrogen) atoms. The number of benzene rings is 1. The molecule has 0 spiro atoms. The standard InChI is InChI=1S/C14H15ClO/c1-2-14-12(8-9-16-14)13(15)10-11-6-4-3-5-7-11/h3-9,13H,2,10H2,1H3. The van der Waals surface area contributed by atoms with Crippen molar-refractivity contribution in [2.75, 3.05) is 0 Å². The highest BCUT2D eigenvalue weighted by Gasteiger charge is 2.14. The van der Waals surface area contributed by atoms with Crippen molar-refractivity contribution in [3.63, 3.8) is 0 Å². The Hall–Kier alpha value is -1.21. The van der Waals surface area contributed by atoms with Gasteiger partial charge in [0.25, 0.3) is 0 Å². The molecule has 1 atom stereocenters. The van der Waals surface area contributed by atoms with Crippen LogP contribution in [0.4, 0.5) is 0 Å². The number of furan rings is 1. The van der Waals surface area contributed by atoms with Gasteiger partial charge in [0.15, 0.2) is 0 Å². The van der Waals surface area contributed by atoms with Gasteiger partial charge in [-0.3, -0.25) is 0 Å².